The molecule has 0 radical (unpaired) electrons. The summed E-state index contributed by atoms with van der Waals surface area (Å²) in [7, 11) is 0. The van der Waals surface area contributed by atoms with Crippen molar-refractivity contribution in [3.05, 3.63) is 0 Å². The first-order chi connectivity index (χ1) is 7.75. The molecule has 2 rings (SSSR count). The Morgan fingerprint density at radius 3 is 2.69 bits per heavy atom. The molecule has 0 aromatic heterocycles. The van der Waals surface area contributed by atoms with E-state index in [9.17, 15) is 0 Å². The third kappa shape index (κ3) is 3.46. The highest BCUT2D eigenvalue weighted by Crippen LogP contribution is 2.29. The monoisotopic (exact) mass is 225 g/mol. The number of nitrogens with one attached hydrogen (secondary N) is 1. The molecular formula is C14H27NO. The lowest BCUT2D eigenvalue weighted by Gasteiger charge is -2.32. The van der Waals surface area contributed by atoms with Crippen LogP contribution < -0.4 is 5.32 Å². The van der Waals surface area contributed by atoms with Crippen molar-refractivity contribution in [2.75, 3.05) is 13.2 Å². The van der Waals surface area contributed by atoms with Gasteiger partial charge in [-0.25, -0.2) is 0 Å². The van der Waals surface area contributed by atoms with Crippen LogP contribution >= 0.6 is 0 Å². The summed E-state index contributed by atoms with van der Waals surface area (Å²) >= 11 is 0. The van der Waals surface area contributed by atoms with Crippen LogP contribution in [0.25, 0.3) is 0 Å². The van der Waals surface area contributed by atoms with E-state index in [0.717, 1.165) is 31.0 Å². The zero-order chi connectivity index (χ0) is 11.4. The van der Waals surface area contributed by atoms with E-state index in [0.29, 0.717) is 6.10 Å². The lowest BCUT2D eigenvalue weighted by molar-refractivity contribution is 0.102. The summed E-state index contributed by atoms with van der Waals surface area (Å²) in [5.74, 6) is 1.82. The number of hydrogen-bond donors (Lipinski definition) is 1. The van der Waals surface area contributed by atoms with Crippen molar-refractivity contribution >= 4 is 0 Å². The number of rotatable bonds is 4. The fourth-order valence-corrected chi connectivity index (χ4v) is 3.05. The SMILES string of the molecule is CC1CCC(NCCC2CCCO2)CC1C. The second-order valence-electron chi connectivity index (χ2n) is 5.84. The Morgan fingerprint density at radius 1 is 1.12 bits per heavy atom. The summed E-state index contributed by atoms with van der Waals surface area (Å²) in [5, 5.41) is 3.72. The van der Waals surface area contributed by atoms with Crippen molar-refractivity contribution in [1.29, 1.82) is 0 Å². The number of hydrogen-bond acceptors (Lipinski definition) is 2. The molecule has 1 saturated heterocycles. The van der Waals surface area contributed by atoms with E-state index in [1.54, 1.807) is 0 Å². The average molecular weight is 225 g/mol. The Kier molecular flexibility index (Phi) is 4.66. The molecule has 0 amide bonds. The molecule has 2 fully saturated rings. The lowest BCUT2D eigenvalue weighted by Crippen LogP contribution is -2.37. The van der Waals surface area contributed by atoms with Gasteiger partial charge in [-0.05, 0) is 56.9 Å². The molecule has 0 bridgehead atoms. The van der Waals surface area contributed by atoms with E-state index < -0.39 is 0 Å². The zero-order valence-electron chi connectivity index (χ0n) is 10.9. The maximum Gasteiger partial charge on any atom is 0.0588 e. The summed E-state index contributed by atoms with van der Waals surface area (Å²) in [6.07, 6.45) is 8.44. The predicted molar refractivity (Wildman–Crippen MR) is 67.6 cm³/mol. The summed E-state index contributed by atoms with van der Waals surface area (Å²) in [6, 6.07) is 0.771. The van der Waals surface area contributed by atoms with Gasteiger partial charge in [-0.1, -0.05) is 13.8 Å². The average Bonchev–Trinajstić information content (AvgIpc) is 2.76. The summed E-state index contributed by atoms with van der Waals surface area (Å²) in [4.78, 5) is 0. The van der Waals surface area contributed by atoms with Crippen LogP contribution in [-0.2, 0) is 4.74 Å². The van der Waals surface area contributed by atoms with Crippen LogP contribution in [0.2, 0.25) is 0 Å². The molecular weight excluding hydrogens is 198 g/mol. The molecule has 0 spiro atoms. The van der Waals surface area contributed by atoms with Crippen LogP contribution in [0.4, 0.5) is 0 Å². The molecule has 4 atom stereocenters. The Balaban J connectivity index is 1.59. The zero-order valence-corrected chi connectivity index (χ0v) is 10.9. The Bertz CT molecular complexity index is 201. The molecule has 94 valence electrons. The highest BCUT2D eigenvalue weighted by atomic mass is 16.5. The van der Waals surface area contributed by atoms with Crippen LogP contribution in [0, 0.1) is 11.8 Å². The second kappa shape index (κ2) is 6.02. The molecule has 4 unspecified atom stereocenters. The van der Waals surface area contributed by atoms with E-state index in [1.165, 1.54) is 38.5 Å². The molecule has 1 aliphatic carbocycles. The summed E-state index contributed by atoms with van der Waals surface area (Å²) < 4.78 is 5.64. The van der Waals surface area contributed by atoms with E-state index >= 15 is 0 Å². The first-order valence-electron chi connectivity index (χ1n) is 7.10. The minimum absolute atomic E-state index is 0.549. The number of ether oxygens (including phenoxy) is 1. The third-order valence-electron chi connectivity index (χ3n) is 4.52. The van der Waals surface area contributed by atoms with Gasteiger partial charge in [0, 0.05) is 12.6 Å². The Hall–Kier alpha value is -0.0800. The van der Waals surface area contributed by atoms with Gasteiger partial charge in [-0.15, -0.1) is 0 Å². The van der Waals surface area contributed by atoms with Gasteiger partial charge >= 0.3 is 0 Å². The van der Waals surface area contributed by atoms with Crippen molar-refractivity contribution in [3.8, 4) is 0 Å². The highest BCUT2D eigenvalue weighted by molar-refractivity contribution is 4.80. The minimum atomic E-state index is 0.549. The predicted octanol–water partition coefficient (Wildman–Crippen LogP) is 2.97. The molecule has 0 aromatic carbocycles. The van der Waals surface area contributed by atoms with E-state index in [1.807, 2.05) is 0 Å². The second-order valence-corrected chi connectivity index (χ2v) is 5.84. The quantitative estimate of drug-likeness (QED) is 0.794. The van der Waals surface area contributed by atoms with Gasteiger partial charge in [-0.3, -0.25) is 0 Å². The van der Waals surface area contributed by atoms with Crippen molar-refractivity contribution in [2.24, 2.45) is 11.8 Å². The fourth-order valence-electron chi connectivity index (χ4n) is 3.05. The van der Waals surface area contributed by atoms with Crippen LogP contribution in [0.3, 0.4) is 0 Å². The first-order valence-corrected chi connectivity index (χ1v) is 7.10. The van der Waals surface area contributed by atoms with Crippen LogP contribution in [0.5, 0.6) is 0 Å². The third-order valence-corrected chi connectivity index (χ3v) is 4.52. The van der Waals surface area contributed by atoms with E-state index in [2.05, 4.69) is 19.2 Å². The summed E-state index contributed by atoms with van der Waals surface area (Å²) in [5.41, 5.74) is 0. The van der Waals surface area contributed by atoms with Crippen molar-refractivity contribution in [1.82, 2.24) is 5.32 Å². The van der Waals surface area contributed by atoms with E-state index in [4.69, 9.17) is 4.74 Å². The molecule has 1 heterocycles. The van der Waals surface area contributed by atoms with Gasteiger partial charge < -0.3 is 10.1 Å². The normalized spacial score (nSPS) is 40.1. The standard InChI is InChI=1S/C14H27NO/c1-11-5-6-13(10-12(11)2)15-8-7-14-4-3-9-16-14/h11-15H,3-10H2,1-2H3. The van der Waals surface area contributed by atoms with Crippen molar-refractivity contribution < 1.29 is 4.74 Å². The van der Waals surface area contributed by atoms with Crippen molar-refractivity contribution in [3.63, 3.8) is 0 Å². The van der Waals surface area contributed by atoms with Gasteiger partial charge in [-0.2, -0.15) is 0 Å². The molecule has 2 aliphatic rings. The molecule has 2 nitrogen and oxygen atoms in total. The van der Waals surface area contributed by atoms with Gasteiger partial charge in [0.1, 0.15) is 0 Å². The maximum atomic E-state index is 5.64. The van der Waals surface area contributed by atoms with Crippen LogP contribution in [0.15, 0.2) is 0 Å². The molecule has 16 heavy (non-hydrogen) atoms. The fraction of sp³-hybridized carbons (Fsp3) is 1.00. The van der Waals surface area contributed by atoms with Gasteiger partial charge in [0.15, 0.2) is 0 Å². The van der Waals surface area contributed by atoms with Crippen LogP contribution in [0.1, 0.15) is 52.4 Å². The molecule has 1 N–H and O–H groups in total. The molecule has 0 aromatic rings. The maximum absolute atomic E-state index is 5.64. The highest BCUT2D eigenvalue weighted by Gasteiger charge is 2.24. The topological polar surface area (TPSA) is 21.3 Å². The smallest absolute Gasteiger partial charge is 0.0588 e. The molecule has 1 aliphatic heterocycles. The van der Waals surface area contributed by atoms with Gasteiger partial charge in [0.05, 0.1) is 6.10 Å². The van der Waals surface area contributed by atoms with Gasteiger partial charge in [0.25, 0.3) is 0 Å². The first kappa shape index (κ1) is 12.4. The Morgan fingerprint density at radius 2 is 2.00 bits per heavy atom. The Labute approximate surface area is 100 Å². The summed E-state index contributed by atoms with van der Waals surface area (Å²) in [6.45, 7) is 6.94. The lowest BCUT2D eigenvalue weighted by atomic mass is 9.79. The van der Waals surface area contributed by atoms with Crippen LogP contribution in [-0.4, -0.2) is 25.3 Å². The van der Waals surface area contributed by atoms with Crippen molar-refractivity contribution in [2.45, 2.75) is 64.5 Å². The van der Waals surface area contributed by atoms with E-state index in [-0.39, 0.29) is 0 Å². The minimum Gasteiger partial charge on any atom is -0.378 e. The largest absolute Gasteiger partial charge is 0.378 e. The molecule has 2 heteroatoms. The van der Waals surface area contributed by atoms with Gasteiger partial charge in [0.2, 0.25) is 0 Å². The molecule has 1 saturated carbocycles.